The third kappa shape index (κ3) is 7.65. The molecule has 0 saturated carbocycles. The number of aliphatic hydroxyl groups excluding tert-OH is 3. The normalized spacial score (nSPS) is 9.44. The quantitative estimate of drug-likeness (QED) is 0.545. The van der Waals surface area contributed by atoms with Gasteiger partial charge in [0, 0.05) is 0 Å². The Morgan fingerprint density at radius 2 is 0.889 bits per heavy atom. The molecule has 27 heavy (non-hydrogen) atoms. The highest BCUT2D eigenvalue weighted by atomic mass is 16.4. The Labute approximate surface area is 153 Å². The molecule has 3 rings (SSSR count). The molecular formula is C18H18O9. The molecule has 0 fully saturated rings. The fourth-order valence-electron chi connectivity index (χ4n) is 1.63. The molecule has 0 atom stereocenters. The molecule has 0 amide bonds. The lowest BCUT2D eigenvalue weighted by Gasteiger charge is -1.86. The number of carbonyl (C=O) groups is 3. The summed E-state index contributed by atoms with van der Waals surface area (Å²) in [6, 6.07) is 9.22. The predicted molar refractivity (Wildman–Crippen MR) is 90.1 cm³/mol. The predicted octanol–water partition coefficient (Wildman–Crippen LogP) is 1.75. The standard InChI is InChI=1S/C6H8O3.C6H6O3.C6H4O3/c3*7-3-5-1-2-6(4-8)9-5/h1-2,7-8H,3-4H2;1-3,8H,4H2;1-4H. The van der Waals surface area contributed by atoms with E-state index in [4.69, 9.17) is 24.2 Å². The van der Waals surface area contributed by atoms with E-state index in [1.54, 1.807) is 18.2 Å². The molecule has 0 spiro atoms. The van der Waals surface area contributed by atoms with Gasteiger partial charge in [-0.3, -0.25) is 14.4 Å². The van der Waals surface area contributed by atoms with Crippen LogP contribution in [0.3, 0.4) is 0 Å². The summed E-state index contributed by atoms with van der Waals surface area (Å²) in [5, 5.41) is 25.4. The van der Waals surface area contributed by atoms with Crippen molar-refractivity contribution in [3.63, 3.8) is 0 Å². The molecule has 0 unspecified atom stereocenters. The van der Waals surface area contributed by atoms with Crippen LogP contribution in [0.5, 0.6) is 0 Å². The molecule has 0 saturated heterocycles. The van der Waals surface area contributed by atoms with Gasteiger partial charge >= 0.3 is 0 Å². The van der Waals surface area contributed by atoms with Gasteiger partial charge in [-0.2, -0.15) is 0 Å². The van der Waals surface area contributed by atoms with E-state index in [9.17, 15) is 14.4 Å². The SMILES string of the molecule is O=Cc1ccc(C=O)o1.O=Cc1ccc(CO)o1.OCc1ccc(CO)o1. The fourth-order valence-corrected chi connectivity index (χ4v) is 1.63. The summed E-state index contributed by atoms with van der Waals surface area (Å²) in [5.74, 6) is 1.99. The van der Waals surface area contributed by atoms with E-state index < -0.39 is 0 Å². The van der Waals surface area contributed by atoms with Crippen LogP contribution in [0.15, 0.2) is 49.6 Å². The van der Waals surface area contributed by atoms with Gasteiger partial charge in [0.2, 0.25) is 0 Å². The summed E-state index contributed by atoms with van der Waals surface area (Å²) in [4.78, 5) is 29.8. The molecule has 0 radical (unpaired) electrons. The molecule has 0 aromatic carbocycles. The van der Waals surface area contributed by atoms with E-state index in [1.165, 1.54) is 18.2 Å². The number of furan rings is 3. The first kappa shape index (κ1) is 21.8. The Hall–Kier alpha value is -3.27. The Morgan fingerprint density at radius 3 is 1.15 bits per heavy atom. The van der Waals surface area contributed by atoms with Gasteiger partial charge in [0.25, 0.3) is 0 Å². The van der Waals surface area contributed by atoms with Gasteiger partial charge < -0.3 is 28.6 Å². The van der Waals surface area contributed by atoms with E-state index >= 15 is 0 Å². The molecule has 0 aliphatic rings. The lowest BCUT2D eigenvalue weighted by atomic mass is 10.4. The molecule has 0 aliphatic carbocycles. The van der Waals surface area contributed by atoms with Gasteiger partial charge in [0.1, 0.15) is 37.1 Å². The highest BCUT2D eigenvalue weighted by Gasteiger charge is 1.97. The van der Waals surface area contributed by atoms with E-state index in [-0.39, 0.29) is 37.1 Å². The number of carbonyl (C=O) groups excluding carboxylic acids is 3. The van der Waals surface area contributed by atoms with Crippen molar-refractivity contribution in [2.45, 2.75) is 19.8 Å². The van der Waals surface area contributed by atoms with Crippen molar-refractivity contribution in [2.75, 3.05) is 0 Å². The number of aldehydes is 3. The number of aliphatic hydroxyl groups is 3. The Kier molecular flexibility index (Phi) is 9.79. The van der Waals surface area contributed by atoms with Crippen LogP contribution < -0.4 is 0 Å². The van der Waals surface area contributed by atoms with Crippen molar-refractivity contribution < 1.29 is 43.0 Å². The highest BCUT2D eigenvalue weighted by molar-refractivity contribution is 5.75. The fraction of sp³-hybridized carbons (Fsp3) is 0.167. The van der Waals surface area contributed by atoms with Gasteiger partial charge in [-0.05, 0) is 36.4 Å². The van der Waals surface area contributed by atoms with Crippen LogP contribution in [0, 0.1) is 0 Å². The van der Waals surface area contributed by atoms with Crippen LogP contribution in [0.1, 0.15) is 48.9 Å². The second-order valence-electron chi connectivity index (χ2n) is 4.74. The second-order valence-corrected chi connectivity index (χ2v) is 4.74. The molecule has 3 N–H and O–H groups in total. The second kappa shape index (κ2) is 12.1. The van der Waals surface area contributed by atoms with Gasteiger partial charge in [-0.15, -0.1) is 0 Å². The van der Waals surface area contributed by atoms with Crippen molar-refractivity contribution >= 4 is 18.9 Å². The molecular weight excluding hydrogens is 360 g/mol. The van der Waals surface area contributed by atoms with Crippen LogP contribution in [0.25, 0.3) is 0 Å². The van der Waals surface area contributed by atoms with Gasteiger partial charge in [0.05, 0.1) is 0 Å². The van der Waals surface area contributed by atoms with Crippen LogP contribution in [0.2, 0.25) is 0 Å². The summed E-state index contributed by atoms with van der Waals surface area (Å²) >= 11 is 0. The summed E-state index contributed by atoms with van der Waals surface area (Å²) in [7, 11) is 0. The van der Waals surface area contributed by atoms with Gasteiger partial charge in [-0.25, -0.2) is 0 Å². The average Bonchev–Trinajstić information content (AvgIpc) is 3.48. The van der Waals surface area contributed by atoms with Crippen molar-refractivity contribution in [2.24, 2.45) is 0 Å². The minimum Gasteiger partial charge on any atom is -0.461 e. The van der Waals surface area contributed by atoms with Gasteiger partial charge in [0.15, 0.2) is 36.1 Å². The molecule has 144 valence electrons. The number of hydrogen-bond donors (Lipinski definition) is 3. The maximum Gasteiger partial charge on any atom is 0.185 e. The maximum atomic E-state index is 9.96. The van der Waals surface area contributed by atoms with Crippen molar-refractivity contribution in [3.8, 4) is 0 Å². The molecule has 3 aromatic heterocycles. The molecule has 3 heterocycles. The third-order valence-electron chi connectivity index (χ3n) is 2.86. The highest BCUT2D eigenvalue weighted by Crippen LogP contribution is 2.06. The summed E-state index contributed by atoms with van der Waals surface area (Å²) in [5.41, 5.74) is 0. The third-order valence-corrected chi connectivity index (χ3v) is 2.86. The van der Waals surface area contributed by atoms with Crippen molar-refractivity contribution in [3.05, 3.63) is 71.0 Å². The van der Waals surface area contributed by atoms with E-state index in [0.29, 0.717) is 36.1 Å². The number of rotatable bonds is 6. The number of hydrogen-bond acceptors (Lipinski definition) is 9. The maximum absolute atomic E-state index is 9.96. The first-order valence-corrected chi connectivity index (χ1v) is 7.54. The lowest BCUT2D eigenvalue weighted by Crippen LogP contribution is -1.76. The van der Waals surface area contributed by atoms with E-state index in [0.717, 1.165) is 0 Å². The summed E-state index contributed by atoms with van der Waals surface area (Å²) < 4.78 is 14.3. The molecule has 9 heteroatoms. The zero-order chi connectivity index (χ0) is 20.1. The summed E-state index contributed by atoms with van der Waals surface area (Å²) in [6.45, 7) is -0.381. The van der Waals surface area contributed by atoms with Crippen LogP contribution in [0.4, 0.5) is 0 Å². The smallest absolute Gasteiger partial charge is 0.185 e. The van der Waals surface area contributed by atoms with Crippen molar-refractivity contribution in [1.29, 1.82) is 0 Å². The summed E-state index contributed by atoms with van der Waals surface area (Å²) in [6.07, 6.45) is 1.69. The van der Waals surface area contributed by atoms with Gasteiger partial charge in [-0.1, -0.05) is 0 Å². The monoisotopic (exact) mass is 378 g/mol. The van der Waals surface area contributed by atoms with Crippen LogP contribution in [-0.2, 0) is 19.8 Å². The van der Waals surface area contributed by atoms with E-state index in [2.05, 4.69) is 4.42 Å². The Bertz CT molecular complexity index is 784. The van der Waals surface area contributed by atoms with Crippen LogP contribution in [-0.4, -0.2) is 34.2 Å². The first-order valence-electron chi connectivity index (χ1n) is 7.54. The molecule has 3 aromatic rings. The minimum atomic E-state index is -0.159. The molecule has 9 nitrogen and oxygen atoms in total. The minimum absolute atomic E-state index is 0.111. The lowest BCUT2D eigenvalue weighted by molar-refractivity contribution is 0.107. The first-order chi connectivity index (χ1) is 13.1. The zero-order valence-electron chi connectivity index (χ0n) is 14.1. The molecule has 0 aliphatic heterocycles. The Morgan fingerprint density at radius 1 is 0.556 bits per heavy atom. The zero-order valence-corrected chi connectivity index (χ0v) is 14.1. The van der Waals surface area contributed by atoms with Crippen molar-refractivity contribution in [1.82, 2.24) is 0 Å². The average molecular weight is 378 g/mol. The topological polar surface area (TPSA) is 151 Å². The Balaban J connectivity index is 0.000000202. The van der Waals surface area contributed by atoms with Crippen LogP contribution >= 0.6 is 0 Å². The largest absolute Gasteiger partial charge is 0.461 e. The van der Waals surface area contributed by atoms with E-state index in [1.807, 2.05) is 0 Å². The molecule has 0 bridgehead atoms.